The van der Waals surface area contributed by atoms with Gasteiger partial charge < -0.3 is 51.2 Å². The van der Waals surface area contributed by atoms with Crippen LogP contribution in [0.2, 0.25) is 0 Å². The number of benzene rings is 1. The maximum Gasteiger partial charge on any atom is 0.255 e. The number of rotatable bonds is 12. The number of ether oxygens (including phenoxy) is 2. The number of anilines is 2. The van der Waals surface area contributed by atoms with Gasteiger partial charge in [0.1, 0.15) is 22.8 Å². The Hall–Kier alpha value is -4.02. The predicted octanol–water partition coefficient (Wildman–Crippen LogP) is -0.0428. The van der Waals surface area contributed by atoms with Crippen molar-refractivity contribution in [2.24, 2.45) is 17.6 Å². The molecule has 0 spiro atoms. The quantitative estimate of drug-likeness (QED) is 0.0901. The van der Waals surface area contributed by atoms with Gasteiger partial charge in [-0.1, -0.05) is 0 Å². The highest BCUT2D eigenvalue weighted by molar-refractivity contribution is 6.24. The molecule has 0 bridgehead atoms. The monoisotopic (exact) mass is 645 g/mol. The van der Waals surface area contributed by atoms with Crippen molar-refractivity contribution in [2.75, 3.05) is 64.7 Å². The van der Waals surface area contributed by atoms with Crippen LogP contribution in [0.3, 0.4) is 0 Å². The van der Waals surface area contributed by atoms with Crippen LogP contribution < -0.4 is 21.3 Å². The van der Waals surface area contributed by atoms with Gasteiger partial charge in [-0.05, 0) is 58.3 Å². The van der Waals surface area contributed by atoms with Gasteiger partial charge in [0.15, 0.2) is 17.7 Å². The first kappa shape index (κ1) is 34.8. The minimum absolute atomic E-state index is 0.0337. The van der Waals surface area contributed by atoms with E-state index in [1.54, 1.807) is 25.1 Å². The smallest absolute Gasteiger partial charge is 0.255 e. The van der Waals surface area contributed by atoms with Gasteiger partial charge in [-0.2, -0.15) is 0 Å². The number of nitrogens with one attached hydrogen (secondary N) is 2. The van der Waals surface area contributed by atoms with Gasteiger partial charge in [-0.15, -0.1) is 0 Å². The van der Waals surface area contributed by atoms with Crippen LogP contribution in [0.1, 0.15) is 31.4 Å². The number of phenols is 1. The zero-order chi connectivity index (χ0) is 34.2. The van der Waals surface area contributed by atoms with Crippen LogP contribution in [0.5, 0.6) is 5.75 Å². The Morgan fingerprint density at radius 1 is 1.11 bits per heavy atom. The third-order valence-corrected chi connectivity index (χ3v) is 8.75. The minimum Gasteiger partial charge on any atom is -0.508 e. The van der Waals surface area contributed by atoms with Crippen molar-refractivity contribution in [1.29, 1.82) is 0 Å². The molecular formula is C31H43N5O10. The van der Waals surface area contributed by atoms with Crippen molar-refractivity contribution in [2.45, 2.75) is 44.6 Å². The van der Waals surface area contributed by atoms with Gasteiger partial charge >= 0.3 is 0 Å². The van der Waals surface area contributed by atoms with Crippen LogP contribution in [0.15, 0.2) is 23.0 Å². The van der Waals surface area contributed by atoms with Crippen molar-refractivity contribution in [3.05, 3.63) is 34.1 Å². The number of carbonyl (C=O) groups excluding carboxylic acids is 4. The molecule has 8 N–H and O–H groups in total. The van der Waals surface area contributed by atoms with E-state index >= 15 is 0 Å². The second kappa shape index (κ2) is 13.4. The van der Waals surface area contributed by atoms with Gasteiger partial charge in [0.05, 0.1) is 23.8 Å². The first-order chi connectivity index (χ1) is 21.6. The molecule has 4 rings (SSSR count). The summed E-state index contributed by atoms with van der Waals surface area (Å²) in [5.41, 5.74) is 2.31. The van der Waals surface area contributed by atoms with Crippen molar-refractivity contribution < 1.29 is 49.1 Å². The van der Waals surface area contributed by atoms with E-state index in [2.05, 4.69) is 10.6 Å². The third-order valence-electron chi connectivity index (χ3n) is 8.75. The molecule has 0 saturated heterocycles. The molecule has 1 aromatic rings. The van der Waals surface area contributed by atoms with E-state index in [0.717, 1.165) is 0 Å². The molecular weight excluding hydrogens is 602 g/mol. The number of aliphatic hydroxyl groups excluding tert-OH is 2. The average molecular weight is 646 g/mol. The number of nitrogens with two attached hydrogens (primary N) is 1. The Morgan fingerprint density at radius 2 is 1.74 bits per heavy atom. The Bertz CT molecular complexity index is 1500. The number of hydrogen-bond acceptors (Lipinski definition) is 13. The highest BCUT2D eigenvalue weighted by atomic mass is 16.7. The number of amides is 2. The number of fused-ring (bicyclic) bond motifs is 3. The van der Waals surface area contributed by atoms with Crippen LogP contribution >= 0.6 is 0 Å². The molecule has 3 unspecified atom stereocenters. The topological polar surface area (TPSA) is 224 Å². The number of primary amides is 1. The predicted molar refractivity (Wildman–Crippen MR) is 167 cm³/mol. The number of phenolic OH excluding ortho intramolecular Hbond substituents is 1. The summed E-state index contributed by atoms with van der Waals surface area (Å²) < 4.78 is 10.9. The SMILES string of the molecule is CCOC(CNCC(=O)Nc1cc(N(C)C)c2c(c1O)C(O)=C1C(=O)C3(O)C(O)=C(C(N)=O)C(=O)[C@@H](N(C)C)C3CC1C2)OCC. The summed E-state index contributed by atoms with van der Waals surface area (Å²) in [6, 6.07) is 0.373. The van der Waals surface area contributed by atoms with Gasteiger partial charge in [0, 0.05) is 51.0 Å². The second-order valence-electron chi connectivity index (χ2n) is 12.0. The molecule has 4 atom stereocenters. The van der Waals surface area contributed by atoms with E-state index in [-0.39, 0.29) is 42.8 Å². The molecule has 3 aliphatic rings. The number of ketones is 2. The van der Waals surface area contributed by atoms with Gasteiger partial charge in [-0.3, -0.25) is 24.1 Å². The molecule has 0 aliphatic heterocycles. The Kier molecular flexibility index (Phi) is 10.1. The molecule has 1 aromatic carbocycles. The molecule has 1 fully saturated rings. The van der Waals surface area contributed by atoms with Crippen molar-refractivity contribution in [3.8, 4) is 5.75 Å². The van der Waals surface area contributed by atoms with Crippen LogP contribution in [-0.4, -0.2) is 121 Å². The zero-order valence-corrected chi connectivity index (χ0v) is 26.8. The highest BCUT2D eigenvalue weighted by Gasteiger charge is 2.64. The standard InChI is InChI=1S/C31H43N5O10/c1-7-45-20(46-8-2)13-33-12-19(37)34-17-11-18(35(3)4)15-9-14-10-16-24(36(5)6)27(40)23(30(32)43)29(42)31(16,44)28(41)21(14)26(39)22(15)25(17)38/h11,14,16,20,24,33,38-39,42,44H,7-10,12-13H2,1-6H3,(H2,32,43)(H,34,37)/t14?,16?,24-,31?/m0/s1. The summed E-state index contributed by atoms with van der Waals surface area (Å²) in [5.74, 6) is -7.99. The number of aromatic hydroxyl groups is 1. The zero-order valence-electron chi connectivity index (χ0n) is 26.8. The number of carbonyl (C=O) groups is 4. The van der Waals surface area contributed by atoms with E-state index in [0.29, 0.717) is 24.5 Å². The van der Waals surface area contributed by atoms with Crippen LogP contribution in [0.4, 0.5) is 11.4 Å². The Balaban J connectivity index is 1.76. The van der Waals surface area contributed by atoms with E-state index < -0.39 is 76.0 Å². The van der Waals surface area contributed by atoms with Crippen LogP contribution in [-0.2, 0) is 35.1 Å². The summed E-state index contributed by atoms with van der Waals surface area (Å²) in [5, 5.41) is 51.4. The summed E-state index contributed by atoms with van der Waals surface area (Å²) in [6.45, 7) is 4.55. The number of aliphatic hydroxyl groups is 3. The van der Waals surface area contributed by atoms with Gasteiger partial charge in [0.2, 0.25) is 11.7 Å². The van der Waals surface area contributed by atoms with Crippen LogP contribution in [0, 0.1) is 11.8 Å². The molecule has 0 aromatic heterocycles. The van der Waals surface area contributed by atoms with E-state index in [1.165, 1.54) is 19.0 Å². The summed E-state index contributed by atoms with van der Waals surface area (Å²) in [4.78, 5) is 55.6. The Labute approximate surface area is 266 Å². The molecule has 0 radical (unpaired) electrons. The molecule has 2 amide bonds. The Morgan fingerprint density at radius 3 is 2.28 bits per heavy atom. The van der Waals surface area contributed by atoms with Crippen LogP contribution in [0.25, 0.3) is 5.76 Å². The first-order valence-electron chi connectivity index (χ1n) is 15.1. The van der Waals surface area contributed by atoms with E-state index in [9.17, 15) is 39.6 Å². The maximum absolute atomic E-state index is 14.1. The third kappa shape index (κ3) is 5.84. The van der Waals surface area contributed by atoms with E-state index in [1.807, 2.05) is 13.8 Å². The number of hydrogen-bond donors (Lipinski definition) is 7. The molecule has 46 heavy (non-hydrogen) atoms. The lowest BCUT2D eigenvalue weighted by Crippen LogP contribution is -2.65. The van der Waals surface area contributed by atoms with Crippen molar-refractivity contribution >= 4 is 40.5 Å². The lowest BCUT2D eigenvalue weighted by molar-refractivity contribution is -0.153. The molecule has 3 aliphatic carbocycles. The number of Topliss-reactive ketones (excluding diaryl/α,β-unsaturated/α-hetero) is 2. The highest BCUT2D eigenvalue weighted by Crippen LogP contribution is 2.54. The normalized spacial score (nSPS) is 24.2. The fourth-order valence-electron chi connectivity index (χ4n) is 6.82. The fourth-order valence-corrected chi connectivity index (χ4v) is 6.82. The minimum atomic E-state index is -2.75. The largest absolute Gasteiger partial charge is 0.508 e. The molecule has 15 nitrogen and oxygen atoms in total. The molecule has 15 heteroatoms. The van der Waals surface area contributed by atoms with E-state index in [4.69, 9.17) is 15.2 Å². The summed E-state index contributed by atoms with van der Waals surface area (Å²) in [7, 11) is 6.55. The maximum atomic E-state index is 14.1. The average Bonchev–Trinajstić information content (AvgIpc) is 2.96. The molecule has 252 valence electrons. The first-order valence-corrected chi connectivity index (χ1v) is 15.1. The van der Waals surface area contributed by atoms with Gasteiger partial charge in [0.25, 0.3) is 5.91 Å². The van der Waals surface area contributed by atoms with Gasteiger partial charge in [-0.25, -0.2) is 0 Å². The lowest BCUT2D eigenvalue weighted by Gasteiger charge is -2.50. The number of likely N-dealkylation sites (N-methyl/N-ethyl adjacent to an activating group) is 1. The second-order valence-corrected chi connectivity index (χ2v) is 12.0. The fraction of sp³-hybridized carbons (Fsp3) is 0.548. The summed E-state index contributed by atoms with van der Waals surface area (Å²) in [6.07, 6.45) is -0.474. The number of nitrogens with zero attached hydrogens (tertiary/aromatic N) is 2. The van der Waals surface area contributed by atoms with Crippen molar-refractivity contribution in [3.63, 3.8) is 0 Å². The van der Waals surface area contributed by atoms with Crippen molar-refractivity contribution in [1.82, 2.24) is 10.2 Å². The lowest BCUT2D eigenvalue weighted by atomic mass is 9.57. The molecule has 0 heterocycles. The molecule has 1 saturated carbocycles. The summed E-state index contributed by atoms with van der Waals surface area (Å²) >= 11 is 0.